The topological polar surface area (TPSA) is 54.9 Å². The van der Waals surface area contributed by atoms with Crippen molar-refractivity contribution in [1.82, 2.24) is 0 Å². The van der Waals surface area contributed by atoms with E-state index in [2.05, 4.69) is 36.6 Å². The molecule has 2 atom stereocenters. The first-order valence-corrected chi connectivity index (χ1v) is 10.4. The van der Waals surface area contributed by atoms with E-state index in [0.29, 0.717) is 17.4 Å². The molecule has 0 aromatic heterocycles. The van der Waals surface area contributed by atoms with Gasteiger partial charge in [0.25, 0.3) is 5.91 Å². The maximum absolute atomic E-state index is 13.5. The molecule has 0 spiro atoms. The van der Waals surface area contributed by atoms with Gasteiger partial charge in [0.2, 0.25) is 0 Å². The highest BCUT2D eigenvalue weighted by Crippen LogP contribution is 2.27. The smallest absolute Gasteiger partial charge is 0.287 e. The van der Waals surface area contributed by atoms with Gasteiger partial charge in [-0.05, 0) is 24.6 Å². The van der Waals surface area contributed by atoms with Crippen LogP contribution in [0, 0.1) is 12.8 Å². The van der Waals surface area contributed by atoms with Crippen molar-refractivity contribution in [2.45, 2.75) is 32.9 Å². The van der Waals surface area contributed by atoms with Crippen LogP contribution in [0.25, 0.3) is 0 Å². The fourth-order valence-electron chi connectivity index (χ4n) is 3.74. The molecule has 0 saturated carbocycles. The second-order valence-corrected chi connectivity index (χ2v) is 7.95. The van der Waals surface area contributed by atoms with Crippen LogP contribution in [0.5, 0.6) is 5.75 Å². The van der Waals surface area contributed by atoms with Gasteiger partial charge in [-0.1, -0.05) is 80.6 Å². The molecule has 3 aromatic rings. The Morgan fingerprint density at radius 1 is 0.900 bits per heavy atom. The number of nitrogens with one attached hydrogen (secondary N) is 1. The van der Waals surface area contributed by atoms with E-state index in [0.717, 1.165) is 11.1 Å². The predicted octanol–water partition coefficient (Wildman–Crippen LogP) is 4.64. The molecular formula is C26H31N2O2+. The summed E-state index contributed by atoms with van der Waals surface area (Å²) in [6, 6.07) is 25.9. The molecule has 0 unspecified atom stereocenters. The van der Waals surface area contributed by atoms with Crippen LogP contribution in [0.4, 0.5) is 5.69 Å². The molecule has 0 bridgehead atoms. The number of amides is 1. The zero-order chi connectivity index (χ0) is 21.5. The zero-order valence-corrected chi connectivity index (χ0v) is 18.1. The zero-order valence-electron chi connectivity index (χ0n) is 18.1. The van der Waals surface area contributed by atoms with E-state index in [4.69, 9.17) is 4.74 Å². The van der Waals surface area contributed by atoms with Crippen LogP contribution in [0.1, 0.15) is 42.6 Å². The monoisotopic (exact) mass is 403 g/mol. The van der Waals surface area contributed by atoms with Crippen molar-refractivity contribution < 1.29 is 14.8 Å². The third-order valence-corrected chi connectivity index (χ3v) is 5.36. The van der Waals surface area contributed by atoms with Gasteiger partial charge in [0.05, 0.1) is 12.8 Å². The summed E-state index contributed by atoms with van der Waals surface area (Å²) in [5.74, 6) is 0.954. The Labute approximate surface area is 179 Å². The second-order valence-electron chi connectivity index (χ2n) is 7.95. The van der Waals surface area contributed by atoms with Gasteiger partial charge in [-0.25, -0.2) is 0 Å². The molecule has 3 rings (SSSR count). The third kappa shape index (κ3) is 5.28. The van der Waals surface area contributed by atoms with Gasteiger partial charge >= 0.3 is 0 Å². The summed E-state index contributed by atoms with van der Waals surface area (Å²) in [6.07, 6.45) is 0. The molecule has 0 aliphatic carbocycles. The van der Waals surface area contributed by atoms with Crippen molar-refractivity contribution in [2.75, 3.05) is 12.4 Å². The first-order valence-electron chi connectivity index (χ1n) is 10.4. The minimum atomic E-state index is -0.385. The van der Waals surface area contributed by atoms with E-state index in [9.17, 15) is 4.79 Å². The van der Waals surface area contributed by atoms with Crippen LogP contribution in [-0.2, 0) is 4.79 Å². The predicted molar refractivity (Wildman–Crippen MR) is 121 cm³/mol. The summed E-state index contributed by atoms with van der Waals surface area (Å²) in [5, 5.41) is 5.27. The molecule has 0 aliphatic heterocycles. The van der Waals surface area contributed by atoms with E-state index in [-0.39, 0.29) is 18.0 Å². The molecule has 0 heterocycles. The molecule has 1 amide bonds. The number of carbonyl (C=O) groups excluding carboxylic acids is 1. The van der Waals surface area contributed by atoms with Gasteiger partial charge < -0.3 is 15.4 Å². The van der Waals surface area contributed by atoms with Crippen LogP contribution in [0.15, 0.2) is 78.9 Å². The van der Waals surface area contributed by atoms with Crippen molar-refractivity contribution >= 4 is 11.6 Å². The fourth-order valence-corrected chi connectivity index (χ4v) is 3.74. The molecule has 30 heavy (non-hydrogen) atoms. The highest BCUT2D eigenvalue weighted by Gasteiger charge is 2.31. The fraction of sp³-hybridized carbons (Fsp3) is 0.269. The number of carbonyl (C=O) groups is 1. The number of ether oxygens (including phenoxy) is 1. The number of benzene rings is 3. The number of rotatable bonds is 8. The molecule has 0 radical (unpaired) electrons. The molecule has 0 aliphatic rings. The Kier molecular flexibility index (Phi) is 7.26. The van der Waals surface area contributed by atoms with Gasteiger partial charge in [-0.15, -0.1) is 0 Å². The summed E-state index contributed by atoms with van der Waals surface area (Å²) >= 11 is 0. The van der Waals surface area contributed by atoms with Gasteiger partial charge in [0.15, 0.2) is 6.04 Å². The highest BCUT2D eigenvalue weighted by molar-refractivity contribution is 5.95. The Bertz CT molecular complexity index is 955. The van der Waals surface area contributed by atoms with E-state index < -0.39 is 0 Å². The Morgan fingerprint density at radius 2 is 1.50 bits per heavy atom. The average Bonchev–Trinajstić information content (AvgIpc) is 2.75. The number of anilines is 1. The van der Waals surface area contributed by atoms with Crippen LogP contribution >= 0.6 is 0 Å². The number of aryl methyl sites for hydroxylation is 1. The van der Waals surface area contributed by atoms with Gasteiger partial charge in [-0.2, -0.15) is 0 Å². The van der Waals surface area contributed by atoms with E-state index in [1.807, 2.05) is 73.7 Å². The lowest BCUT2D eigenvalue weighted by Crippen LogP contribution is -2.89. The Hall–Kier alpha value is -3.11. The Morgan fingerprint density at radius 3 is 2.07 bits per heavy atom. The molecule has 4 nitrogen and oxygen atoms in total. The lowest BCUT2D eigenvalue weighted by molar-refractivity contribution is -0.727. The van der Waals surface area contributed by atoms with E-state index in [1.54, 1.807) is 7.11 Å². The summed E-state index contributed by atoms with van der Waals surface area (Å²) in [5.41, 5.74) is 3.95. The summed E-state index contributed by atoms with van der Waals surface area (Å²) in [4.78, 5) is 13.5. The number of hydrogen-bond acceptors (Lipinski definition) is 2. The molecule has 0 fully saturated rings. The van der Waals surface area contributed by atoms with E-state index >= 15 is 0 Å². The van der Waals surface area contributed by atoms with Gasteiger partial charge in [-0.3, -0.25) is 4.79 Å². The minimum Gasteiger partial charge on any atom is -0.495 e. The van der Waals surface area contributed by atoms with Crippen molar-refractivity contribution in [3.05, 3.63) is 95.6 Å². The number of methoxy groups -OCH3 is 1. The van der Waals surface area contributed by atoms with Crippen molar-refractivity contribution in [3.8, 4) is 5.75 Å². The summed E-state index contributed by atoms with van der Waals surface area (Å²) < 4.78 is 5.45. The van der Waals surface area contributed by atoms with Gasteiger partial charge in [0.1, 0.15) is 11.8 Å². The van der Waals surface area contributed by atoms with Crippen LogP contribution in [0.3, 0.4) is 0 Å². The number of quaternary nitrogens is 1. The van der Waals surface area contributed by atoms with E-state index in [1.165, 1.54) is 5.56 Å². The Balaban J connectivity index is 1.93. The molecule has 156 valence electrons. The molecule has 0 saturated heterocycles. The standard InChI is InChI=1S/C26H30N2O2/c1-18(2)24(20-11-7-5-8-12-20)28-25(21-13-9-6-10-14-21)26(29)27-22-17-19(3)15-16-23(22)30-4/h5-18,24-25,28H,1-4H3,(H,27,29)/p+1/t24-,25-/m1/s1. The normalized spacial score (nSPS) is 13.0. The van der Waals surface area contributed by atoms with Gasteiger partial charge in [0, 0.05) is 17.0 Å². The lowest BCUT2D eigenvalue weighted by Gasteiger charge is -2.25. The number of hydrogen-bond donors (Lipinski definition) is 2. The average molecular weight is 404 g/mol. The maximum atomic E-state index is 13.5. The van der Waals surface area contributed by atoms with Crippen LogP contribution in [-0.4, -0.2) is 13.0 Å². The molecule has 3 aromatic carbocycles. The quantitative estimate of drug-likeness (QED) is 0.575. The summed E-state index contributed by atoms with van der Waals surface area (Å²) in [7, 11) is 1.62. The highest BCUT2D eigenvalue weighted by atomic mass is 16.5. The van der Waals surface area contributed by atoms with Crippen molar-refractivity contribution in [3.63, 3.8) is 0 Å². The maximum Gasteiger partial charge on any atom is 0.287 e. The van der Waals surface area contributed by atoms with Crippen molar-refractivity contribution in [2.24, 2.45) is 5.92 Å². The largest absolute Gasteiger partial charge is 0.495 e. The number of nitrogens with two attached hydrogens (primary N) is 1. The summed E-state index contributed by atoms with van der Waals surface area (Å²) in [6.45, 7) is 6.38. The molecule has 4 heteroatoms. The SMILES string of the molecule is COc1ccc(C)cc1NC(=O)[C@H]([NH2+][C@@H](c1ccccc1)C(C)C)c1ccccc1. The van der Waals surface area contributed by atoms with Crippen LogP contribution < -0.4 is 15.4 Å². The third-order valence-electron chi connectivity index (χ3n) is 5.36. The first-order chi connectivity index (χ1) is 14.5. The second kappa shape index (κ2) is 10.1. The lowest BCUT2D eigenvalue weighted by atomic mass is 9.93. The van der Waals surface area contributed by atoms with Crippen LogP contribution in [0.2, 0.25) is 0 Å². The molecular weight excluding hydrogens is 372 g/mol. The minimum absolute atomic E-state index is 0.0633. The molecule has 3 N–H and O–H groups in total. The first kappa shape index (κ1) is 21.6. The van der Waals surface area contributed by atoms with Crippen molar-refractivity contribution in [1.29, 1.82) is 0 Å².